The molecule has 0 aliphatic rings. The first-order valence-corrected chi connectivity index (χ1v) is 6.15. The number of rotatable bonds is 2. The molecular formula is C11H15N2O3S-. The van der Waals surface area contributed by atoms with Gasteiger partial charge in [-0.1, -0.05) is 18.2 Å². The van der Waals surface area contributed by atoms with Gasteiger partial charge >= 0.3 is 6.03 Å². The van der Waals surface area contributed by atoms with Crippen LogP contribution in [0.4, 0.5) is 10.5 Å². The predicted octanol–water partition coefficient (Wildman–Crippen LogP) is 1.80. The maximum atomic E-state index is 11.8. The lowest BCUT2D eigenvalue weighted by atomic mass is 10.1. The van der Waals surface area contributed by atoms with Gasteiger partial charge in [-0.15, -0.1) is 0 Å². The summed E-state index contributed by atoms with van der Waals surface area (Å²) in [6.45, 7) is 5.48. The van der Waals surface area contributed by atoms with Crippen LogP contribution < -0.4 is 9.62 Å². The minimum absolute atomic E-state index is 0.523. The van der Waals surface area contributed by atoms with Crippen LogP contribution in [0.3, 0.4) is 0 Å². The van der Waals surface area contributed by atoms with E-state index in [2.05, 4.69) is 0 Å². The Kier molecular flexibility index (Phi) is 4.25. The third kappa shape index (κ3) is 3.83. The van der Waals surface area contributed by atoms with Gasteiger partial charge in [-0.2, -0.15) is 0 Å². The van der Waals surface area contributed by atoms with Crippen molar-refractivity contribution in [1.82, 2.24) is 4.72 Å². The lowest BCUT2D eigenvalue weighted by Gasteiger charge is -2.35. The third-order valence-corrected chi connectivity index (χ3v) is 2.40. The average molecular weight is 255 g/mol. The molecule has 0 saturated carbocycles. The molecular weight excluding hydrogens is 240 g/mol. The number of benzene rings is 1. The van der Waals surface area contributed by atoms with Crippen molar-refractivity contribution in [2.45, 2.75) is 26.3 Å². The smallest absolute Gasteiger partial charge is 0.333 e. The van der Waals surface area contributed by atoms with Gasteiger partial charge in [-0.05, 0) is 32.9 Å². The molecule has 1 atom stereocenters. The Bertz CT molecular complexity index is 414. The summed E-state index contributed by atoms with van der Waals surface area (Å²) in [5, 5.41) is 0. The first kappa shape index (κ1) is 13.7. The van der Waals surface area contributed by atoms with Gasteiger partial charge in [0.25, 0.3) is 0 Å². The molecule has 0 saturated heterocycles. The molecule has 5 nitrogen and oxygen atoms in total. The number of nitrogens with zero attached hydrogens (tertiary/aromatic N) is 1. The summed E-state index contributed by atoms with van der Waals surface area (Å²) in [6.07, 6.45) is 0. The van der Waals surface area contributed by atoms with Crippen molar-refractivity contribution in [3.63, 3.8) is 0 Å². The van der Waals surface area contributed by atoms with E-state index in [1.54, 1.807) is 24.3 Å². The number of hydrogen-bond acceptors (Lipinski definition) is 3. The average Bonchev–Trinajstić information content (AvgIpc) is 2.15. The topological polar surface area (TPSA) is 72.5 Å². The Morgan fingerprint density at radius 2 is 1.82 bits per heavy atom. The highest BCUT2D eigenvalue weighted by Gasteiger charge is 2.27. The highest BCUT2D eigenvalue weighted by Crippen LogP contribution is 2.23. The van der Waals surface area contributed by atoms with Crippen molar-refractivity contribution in [2.75, 3.05) is 4.90 Å². The summed E-state index contributed by atoms with van der Waals surface area (Å²) >= 11 is -2.62. The molecule has 0 bridgehead atoms. The molecule has 0 heterocycles. The van der Waals surface area contributed by atoms with Crippen LogP contribution in [0.2, 0.25) is 0 Å². The van der Waals surface area contributed by atoms with Crippen LogP contribution >= 0.6 is 0 Å². The number of carbonyl (C=O) groups excluding carboxylic acids is 1. The molecule has 1 aromatic rings. The Hall–Kier alpha value is -1.40. The van der Waals surface area contributed by atoms with E-state index in [1.807, 2.05) is 31.6 Å². The summed E-state index contributed by atoms with van der Waals surface area (Å²) in [7, 11) is 0. The van der Waals surface area contributed by atoms with Crippen LogP contribution in [0.5, 0.6) is 0 Å². The van der Waals surface area contributed by atoms with E-state index in [0.717, 1.165) is 0 Å². The van der Waals surface area contributed by atoms with Gasteiger partial charge in [0.15, 0.2) is 0 Å². The highest BCUT2D eigenvalue weighted by molar-refractivity contribution is 7.77. The first-order valence-electron chi connectivity index (χ1n) is 5.07. The van der Waals surface area contributed by atoms with Crippen LogP contribution in [0.1, 0.15) is 20.8 Å². The van der Waals surface area contributed by atoms with E-state index in [-0.39, 0.29) is 0 Å². The standard InChI is InChI=1S/C11H16N2O3S/c1-11(2,3)13(10(14)12-17(15)16)9-7-5-4-6-8-9/h4-8H,1-3H3,(H,12,14)(H,15,16)/p-1. The van der Waals surface area contributed by atoms with Gasteiger partial charge in [0.2, 0.25) is 0 Å². The van der Waals surface area contributed by atoms with E-state index in [9.17, 15) is 13.6 Å². The molecule has 0 aromatic heterocycles. The fourth-order valence-corrected chi connectivity index (χ4v) is 1.74. The number of carbonyl (C=O) groups is 1. The van der Waals surface area contributed by atoms with Crippen LogP contribution in [-0.4, -0.2) is 20.3 Å². The fraction of sp³-hybridized carbons (Fsp3) is 0.364. The van der Waals surface area contributed by atoms with E-state index in [4.69, 9.17) is 0 Å². The molecule has 17 heavy (non-hydrogen) atoms. The van der Waals surface area contributed by atoms with Gasteiger partial charge in [-0.3, -0.25) is 13.8 Å². The SMILES string of the molecule is CC(C)(C)N(C(=O)NS(=O)[O-])c1ccccc1. The third-order valence-electron chi connectivity index (χ3n) is 2.06. The fourth-order valence-electron chi connectivity index (χ4n) is 1.50. The molecule has 1 rings (SSSR count). The minimum atomic E-state index is -2.62. The van der Waals surface area contributed by atoms with Crippen molar-refractivity contribution >= 4 is 23.0 Å². The maximum Gasteiger partial charge on any atom is 0.333 e. The van der Waals surface area contributed by atoms with Crippen LogP contribution in [0.25, 0.3) is 0 Å². The number of urea groups is 1. The molecule has 2 amide bonds. The van der Waals surface area contributed by atoms with Crippen molar-refractivity contribution < 1.29 is 13.6 Å². The van der Waals surface area contributed by atoms with Gasteiger partial charge < -0.3 is 4.55 Å². The number of nitrogens with one attached hydrogen (secondary N) is 1. The summed E-state index contributed by atoms with van der Waals surface area (Å²) in [4.78, 5) is 13.2. The highest BCUT2D eigenvalue weighted by atomic mass is 32.2. The molecule has 0 spiro atoms. The molecule has 1 aromatic carbocycles. The second-order valence-corrected chi connectivity index (χ2v) is 5.16. The second-order valence-electron chi connectivity index (χ2n) is 4.48. The molecule has 1 unspecified atom stereocenters. The molecule has 94 valence electrons. The van der Waals surface area contributed by atoms with Crippen LogP contribution in [0.15, 0.2) is 30.3 Å². The zero-order valence-electron chi connectivity index (χ0n) is 9.97. The first-order chi connectivity index (χ1) is 7.82. The van der Waals surface area contributed by atoms with E-state index >= 15 is 0 Å². The summed E-state index contributed by atoms with van der Waals surface area (Å²) in [5.74, 6) is 0. The van der Waals surface area contributed by atoms with Crippen molar-refractivity contribution in [2.24, 2.45) is 0 Å². The van der Waals surface area contributed by atoms with Crippen molar-refractivity contribution in [3.05, 3.63) is 30.3 Å². The second kappa shape index (κ2) is 5.29. The zero-order valence-corrected chi connectivity index (χ0v) is 10.8. The Morgan fingerprint density at radius 1 is 1.29 bits per heavy atom. The number of para-hydroxylation sites is 1. The molecule has 0 fully saturated rings. The quantitative estimate of drug-likeness (QED) is 0.819. The van der Waals surface area contributed by atoms with Crippen molar-refractivity contribution in [3.8, 4) is 0 Å². The monoisotopic (exact) mass is 255 g/mol. The van der Waals surface area contributed by atoms with Crippen LogP contribution in [-0.2, 0) is 11.3 Å². The summed E-state index contributed by atoms with van der Waals surface area (Å²) in [6, 6.07) is 8.23. The molecule has 0 radical (unpaired) electrons. The van der Waals surface area contributed by atoms with E-state index in [1.165, 1.54) is 4.90 Å². The van der Waals surface area contributed by atoms with E-state index < -0.39 is 22.8 Å². The Labute approximate surface area is 103 Å². The minimum Gasteiger partial charge on any atom is -0.755 e. The van der Waals surface area contributed by atoms with Gasteiger partial charge in [-0.25, -0.2) is 4.79 Å². The molecule has 0 aliphatic carbocycles. The normalized spacial score (nSPS) is 12.9. The molecule has 1 N–H and O–H groups in total. The lowest BCUT2D eigenvalue weighted by molar-refractivity contribution is 0.245. The maximum absolute atomic E-state index is 11.8. The number of amides is 2. The number of hydrogen-bond donors (Lipinski definition) is 1. The van der Waals surface area contributed by atoms with E-state index in [0.29, 0.717) is 5.69 Å². The number of anilines is 1. The van der Waals surface area contributed by atoms with Gasteiger partial charge in [0.05, 0.1) is 0 Å². The summed E-state index contributed by atoms with van der Waals surface area (Å²) in [5.41, 5.74) is 0.119. The Morgan fingerprint density at radius 3 is 2.24 bits per heavy atom. The zero-order chi connectivity index (χ0) is 13.1. The lowest BCUT2D eigenvalue weighted by Crippen LogP contribution is -2.51. The molecule has 0 aliphatic heterocycles. The van der Waals surface area contributed by atoms with Crippen LogP contribution in [0, 0.1) is 0 Å². The largest absolute Gasteiger partial charge is 0.755 e. The molecule has 6 heteroatoms. The van der Waals surface area contributed by atoms with Gasteiger partial charge in [0.1, 0.15) is 0 Å². The summed E-state index contributed by atoms with van der Waals surface area (Å²) < 4.78 is 22.9. The Balaban J connectivity index is 3.06. The predicted molar refractivity (Wildman–Crippen MR) is 66.1 cm³/mol. The van der Waals surface area contributed by atoms with Crippen molar-refractivity contribution in [1.29, 1.82) is 0 Å². The van der Waals surface area contributed by atoms with Gasteiger partial charge in [0, 0.05) is 22.5 Å².